The van der Waals surface area contributed by atoms with E-state index in [2.05, 4.69) is 21.2 Å². The molecule has 0 aliphatic heterocycles. The number of nitrogens with zero attached hydrogens (tertiary/aromatic N) is 1. The van der Waals surface area contributed by atoms with Crippen LogP contribution in [0, 0.1) is 0 Å². The molecule has 1 amide bonds. The Morgan fingerprint density at radius 3 is 2.65 bits per heavy atom. The molecule has 0 bridgehead atoms. The minimum atomic E-state index is -0.466. The molecule has 1 heterocycles. The van der Waals surface area contributed by atoms with Crippen molar-refractivity contribution in [3.63, 3.8) is 0 Å². The molecule has 0 saturated carbocycles. The predicted molar refractivity (Wildman–Crippen MR) is 81.7 cm³/mol. The van der Waals surface area contributed by atoms with Crippen molar-refractivity contribution in [1.29, 1.82) is 0 Å². The van der Waals surface area contributed by atoms with Crippen LogP contribution in [0.15, 0.2) is 21.2 Å². The first-order valence-electron chi connectivity index (χ1n) is 6.62. The fraction of sp³-hybridized carbons (Fsp3) is 0.643. The number of ether oxygens (including phenoxy) is 1. The van der Waals surface area contributed by atoms with Crippen LogP contribution in [-0.4, -0.2) is 36.7 Å². The average molecular weight is 347 g/mol. The molecule has 1 rings (SSSR count). The summed E-state index contributed by atoms with van der Waals surface area (Å²) in [5.74, 6) is 0.858. The summed E-state index contributed by atoms with van der Waals surface area (Å²) in [6.45, 7) is 8.81. The van der Waals surface area contributed by atoms with Gasteiger partial charge in [0.25, 0.3) is 0 Å². The van der Waals surface area contributed by atoms with Crippen LogP contribution >= 0.6 is 15.9 Å². The van der Waals surface area contributed by atoms with E-state index in [1.165, 1.54) is 0 Å². The van der Waals surface area contributed by atoms with Gasteiger partial charge in [0.15, 0.2) is 4.67 Å². The van der Waals surface area contributed by atoms with Gasteiger partial charge in [-0.1, -0.05) is 0 Å². The summed E-state index contributed by atoms with van der Waals surface area (Å²) >= 11 is 3.27. The Morgan fingerprint density at radius 2 is 2.15 bits per heavy atom. The number of rotatable bonds is 5. The second-order valence-electron chi connectivity index (χ2n) is 5.72. The molecule has 1 N–H and O–H groups in total. The van der Waals surface area contributed by atoms with Gasteiger partial charge >= 0.3 is 6.09 Å². The summed E-state index contributed by atoms with van der Waals surface area (Å²) in [4.78, 5) is 13.3. The molecule has 0 aliphatic rings. The van der Waals surface area contributed by atoms with Crippen molar-refractivity contribution in [3.05, 3.63) is 22.6 Å². The Kier molecular flexibility index (Phi) is 6.07. The smallest absolute Gasteiger partial charge is 0.410 e. The Balaban J connectivity index is 2.31. The molecular formula is C14H23BrN2O3. The van der Waals surface area contributed by atoms with Crippen LogP contribution in [0.4, 0.5) is 4.79 Å². The van der Waals surface area contributed by atoms with Crippen molar-refractivity contribution in [2.24, 2.45) is 0 Å². The van der Waals surface area contributed by atoms with E-state index < -0.39 is 5.60 Å². The van der Waals surface area contributed by atoms with E-state index >= 15 is 0 Å². The van der Waals surface area contributed by atoms with E-state index in [-0.39, 0.29) is 12.1 Å². The fourth-order valence-corrected chi connectivity index (χ4v) is 1.86. The number of carbonyl (C=O) groups is 1. The van der Waals surface area contributed by atoms with Gasteiger partial charge in [0.1, 0.15) is 11.4 Å². The van der Waals surface area contributed by atoms with Gasteiger partial charge in [-0.15, -0.1) is 0 Å². The minimum absolute atomic E-state index is 0.0911. The first-order valence-corrected chi connectivity index (χ1v) is 7.41. The number of halogens is 1. The monoisotopic (exact) mass is 346 g/mol. The molecule has 0 spiro atoms. The van der Waals surface area contributed by atoms with Gasteiger partial charge in [0.05, 0.1) is 6.04 Å². The number of hydrogen-bond donors (Lipinski definition) is 1. The van der Waals surface area contributed by atoms with Crippen molar-refractivity contribution in [1.82, 2.24) is 10.2 Å². The molecule has 0 aliphatic carbocycles. The predicted octanol–water partition coefficient (Wildman–Crippen LogP) is 3.56. The van der Waals surface area contributed by atoms with Crippen LogP contribution in [0.3, 0.4) is 0 Å². The lowest BCUT2D eigenvalue weighted by atomic mass is 10.2. The molecule has 1 unspecified atom stereocenters. The van der Waals surface area contributed by atoms with E-state index in [9.17, 15) is 4.79 Å². The maximum absolute atomic E-state index is 11.8. The van der Waals surface area contributed by atoms with Crippen molar-refractivity contribution >= 4 is 22.0 Å². The second-order valence-corrected chi connectivity index (χ2v) is 6.50. The van der Waals surface area contributed by atoms with Gasteiger partial charge in [-0.25, -0.2) is 4.79 Å². The number of nitrogens with one attached hydrogen (secondary N) is 1. The second kappa shape index (κ2) is 7.13. The zero-order chi connectivity index (χ0) is 15.3. The van der Waals surface area contributed by atoms with Gasteiger partial charge in [0.2, 0.25) is 0 Å². The Bertz CT molecular complexity index is 440. The van der Waals surface area contributed by atoms with Crippen LogP contribution in [0.2, 0.25) is 0 Å². The molecule has 5 nitrogen and oxygen atoms in total. The summed E-state index contributed by atoms with van der Waals surface area (Å²) in [5.41, 5.74) is -0.466. The SMILES string of the molecule is CC(NCCN(C)C(=O)OC(C)(C)C)c1ccc(Br)o1. The maximum Gasteiger partial charge on any atom is 0.410 e. The zero-order valence-corrected chi connectivity index (χ0v) is 14.3. The van der Waals surface area contributed by atoms with Crippen LogP contribution < -0.4 is 5.32 Å². The highest BCUT2D eigenvalue weighted by molar-refractivity contribution is 9.10. The van der Waals surface area contributed by atoms with Crippen molar-refractivity contribution in [2.75, 3.05) is 20.1 Å². The third kappa shape index (κ3) is 5.96. The molecule has 1 aromatic heterocycles. The third-order valence-corrected chi connectivity index (χ3v) is 3.05. The molecule has 1 aromatic rings. The van der Waals surface area contributed by atoms with Crippen molar-refractivity contribution < 1.29 is 13.9 Å². The fourth-order valence-electron chi connectivity index (χ4n) is 1.54. The van der Waals surface area contributed by atoms with Gasteiger partial charge in [0, 0.05) is 20.1 Å². The van der Waals surface area contributed by atoms with Crippen LogP contribution in [-0.2, 0) is 4.74 Å². The summed E-state index contributed by atoms with van der Waals surface area (Å²) < 4.78 is 11.5. The molecule has 0 radical (unpaired) electrons. The Labute approximate surface area is 128 Å². The third-order valence-electron chi connectivity index (χ3n) is 2.62. The number of likely N-dealkylation sites (N-methyl/N-ethyl adjacent to an activating group) is 1. The minimum Gasteiger partial charge on any atom is -0.453 e. The lowest BCUT2D eigenvalue weighted by molar-refractivity contribution is 0.0299. The van der Waals surface area contributed by atoms with Gasteiger partial charge < -0.3 is 19.4 Å². The standard InChI is InChI=1S/C14H23BrN2O3/c1-10(11-6-7-12(15)19-11)16-8-9-17(5)13(18)20-14(2,3)4/h6-7,10,16H,8-9H2,1-5H3. The molecule has 20 heavy (non-hydrogen) atoms. The first-order chi connectivity index (χ1) is 9.19. The lowest BCUT2D eigenvalue weighted by Gasteiger charge is -2.25. The highest BCUT2D eigenvalue weighted by atomic mass is 79.9. The van der Waals surface area contributed by atoms with Crippen molar-refractivity contribution in [3.8, 4) is 0 Å². The van der Waals surface area contributed by atoms with E-state index in [4.69, 9.17) is 9.15 Å². The van der Waals surface area contributed by atoms with Crippen LogP contribution in [0.5, 0.6) is 0 Å². The largest absolute Gasteiger partial charge is 0.453 e. The number of hydrogen-bond acceptors (Lipinski definition) is 4. The number of furan rings is 1. The number of amides is 1. The summed E-state index contributed by atoms with van der Waals surface area (Å²) in [6.07, 6.45) is -0.312. The van der Waals surface area contributed by atoms with E-state index in [0.29, 0.717) is 17.8 Å². The molecule has 114 valence electrons. The summed E-state index contributed by atoms with van der Waals surface area (Å²) in [5, 5.41) is 3.30. The molecular weight excluding hydrogens is 324 g/mol. The Morgan fingerprint density at radius 1 is 1.50 bits per heavy atom. The van der Waals surface area contributed by atoms with E-state index in [1.54, 1.807) is 11.9 Å². The Hall–Kier alpha value is -1.01. The first kappa shape index (κ1) is 17.0. The normalized spacial score (nSPS) is 13.1. The summed E-state index contributed by atoms with van der Waals surface area (Å²) in [6, 6.07) is 3.87. The molecule has 0 aromatic carbocycles. The van der Waals surface area contributed by atoms with E-state index in [1.807, 2.05) is 39.8 Å². The van der Waals surface area contributed by atoms with Gasteiger partial charge in [-0.2, -0.15) is 0 Å². The van der Waals surface area contributed by atoms with Crippen molar-refractivity contribution in [2.45, 2.75) is 39.3 Å². The molecule has 6 heteroatoms. The highest BCUT2D eigenvalue weighted by Gasteiger charge is 2.19. The van der Waals surface area contributed by atoms with Gasteiger partial charge in [-0.3, -0.25) is 0 Å². The van der Waals surface area contributed by atoms with Crippen LogP contribution in [0.25, 0.3) is 0 Å². The number of carbonyl (C=O) groups excluding carboxylic acids is 1. The van der Waals surface area contributed by atoms with E-state index in [0.717, 1.165) is 5.76 Å². The molecule has 0 fully saturated rings. The highest BCUT2D eigenvalue weighted by Crippen LogP contribution is 2.19. The zero-order valence-electron chi connectivity index (χ0n) is 12.7. The lowest BCUT2D eigenvalue weighted by Crippen LogP contribution is -2.38. The summed E-state index contributed by atoms with van der Waals surface area (Å²) in [7, 11) is 1.73. The van der Waals surface area contributed by atoms with Gasteiger partial charge in [-0.05, 0) is 55.8 Å². The average Bonchev–Trinajstić information content (AvgIpc) is 2.73. The van der Waals surface area contributed by atoms with Crippen LogP contribution in [0.1, 0.15) is 39.5 Å². The molecule has 0 saturated heterocycles. The maximum atomic E-state index is 11.8. The molecule has 1 atom stereocenters. The topological polar surface area (TPSA) is 54.7 Å². The quantitative estimate of drug-likeness (QED) is 0.885.